The molecule has 0 amide bonds. The molecule has 1 aromatic heterocycles. The Bertz CT molecular complexity index is 722. The highest BCUT2D eigenvalue weighted by molar-refractivity contribution is 9.10. The number of hydrogen-bond donors (Lipinski definition) is 1. The van der Waals surface area contributed by atoms with E-state index in [-0.39, 0.29) is 11.6 Å². The summed E-state index contributed by atoms with van der Waals surface area (Å²) in [6.07, 6.45) is 1.70. The van der Waals surface area contributed by atoms with E-state index in [0.717, 1.165) is 21.1 Å². The smallest absolute Gasteiger partial charge is 0.123 e. The number of halogens is 2. The van der Waals surface area contributed by atoms with Gasteiger partial charge in [0.25, 0.3) is 0 Å². The third kappa shape index (κ3) is 1.76. The van der Waals surface area contributed by atoms with Crippen LogP contribution in [0.4, 0.5) is 4.39 Å². The number of phenolic OH excluding ortho intramolecular Hbond substituents is 1. The Kier molecular flexibility index (Phi) is 2.56. The standard InChI is InChI=1S/C13H8BrFN2O/c14-12-5-10(18)6-13-11(12)7-16-17(13)9-3-1-8(15)2-4-9/h1-7,18H. The van der Waals surface area contributed by atoms with Gasteiger partial charge in [0.05, 0.1) is 17.4 Å². The molecule has 0 aliphatic rings. The van der Waals surface area contributed by atoms with Gasteiger partial charge in [-0.25, -0.2) is 9.07 Å². The number of hydrogen-bond acceptors (Lipinski definition) is 2. The maximum atomic E-state index is 12.9. The molecule has 0 atom stereocenters. The summed E-state index contributed by atoms with van der Waals surface area (Å²) in [6.45, 7) is 0. The van der Waals surface area contributed by atoms with E-state index < -0.39 is 0 Å². The maximum absolute atomic E-state index is 12.9. The SMILES string of the molecule is Oc1cc(Br)c2cnn(-c3ccc(F)cc3)c2c1. The molecule has 2 aromatic carbocycles. The van der Waals surface area contributed by atoms with Crippen molar-refractivity contribution < 1.29 is 9.50 Å². The van der Waals surface area contributed by atoms with Gasteiger partial charge >= 0.3 is 0 Å². The number of aromatic nitrogens is 2. The monoisotopic (exact) mass is 306 g/mol. The highest BCUT2D eigenvalue weighted by Crippen LogP contribution is 2.30. The number of rotatable bonds is 1. The number of phenols is 1. The van der Waals surface area contributed by atoms with Crippen LogP contribution in [-0.4, -0.2) is 14.9 Å². The van der Waals surface area contributed by atoms with Crippen LogP contribution in [0.3, 0.4) is 0 Å². The summed E-state index contributed by atoms with van der Waals surface area (Å²) in [5, 5.41) is 14.8. The summed E-state index contributed by atoms with van der Waals surface area (Å²) in [7, 11) is 0. The first-order valence-electron chi connectivity index (χ1n) is 5.27. The minimum Gasteiger partial charge on any atom is -0.508 e. The highest BCUT2D eigenvalue weighted by atomic mass is 79.9. The second kappa shape index (κ2) is 4.10. The van der Waals surface area contributed by atoms with Crippen molar-refractivity contribution in [2.45, 2.75) is 0 Å². The predicted molar refractivity (Wildman–Crippen MR) is 70.4 cm³/mol. The van der Waals surface area contributed by atoms with Crippen LogP contribution in [0, 0.1) is 5.82 Å². The van der Waals surface area contributed by atoms with Gasteiger partial charge in [-0.15, -0.1) is 0 Å². The summed E-state index contributed by atoms with van der Waals surface area (Å²) in [5.41, 5.74) is 1.50. The van der Waals surface area contributed by atoms with Crippen molar-refractivity contribution in [2.24, 2.45) is 0 Å². The van der Waals surface area contributed by atoms with E-state index in [2.05, 4.69) is 21.0 Å². The average Bonchev–Trinajstić information content (AvgIpc) is 2.74. The van der Waals surface area contributed by atoms with E-state index in [4.69, 9.17) is 0 Å². The molecule has 0 unspecified atom stereocenters. The first-order valence-corrected chi connectivity index (χ1v) is 6.06. The van der Waals surface area contributed by atoms with Gasteiger partial charge in [0, 0.05) is 15.9 Å². The zero-order valence-electron chi connectivity index (χ0n) is 9.14. The minimum atomic E-state index is -0.292. The molecule has 5 heteroatoms. The maximum Gasteiger partial charge on any atom is 0.123 e. The molecular weight excluding hydrogens is 299 g/mol. The second-order valence-corrected chi connectivity index (χ2v) is 4.75. The Balaban J connectivity index is 2.27. The topological polar surface area (TPSA) is 38.1 Å². The fraction of sp³-hybridized carbons (Fsp3) is 0. The summed E-state index contributed by atoms with van der Waals surface area (Å²) < 4.78 is 15.3. The van der Waals surface area contributed by atoms with E-state index in [1.165, 1.54) is 12.1 Å². The Morgan fingerprint density at radius 1 is 1.17 bits per heavy atom. The molecule has 1 N–H and O–H groups in total. The third-order valence-electron chi connectivity index (χ3n) is 2.69. The normalized spacial score (nSPS) is 11.0. The van der Waals surface area contributed by atoms with Gasteiger partial charge in [0.15, 0.2) is 0 Å². The van der Waals surface area contributed by atoms with Crippen molar-refractivity contribution in [1.82, 2.24) is 9.78 Å². The third-order valence-corrected chi connectivity index (χ3v) is 3.35. The molecule has 90 valence electrons. The fourth-order valence-electron chi connectivity index (χ4n) is 1.86. The van der Waals surface area contributed by atoms with Crippen LogP contribution >= 0.6 is 15.9 Å². The van der Waals surface area contributed by atoms with Crippen molar-refractivity contribution in [2.75, 3.05) is 0 Å². The van der Waals surface area contributed by atoms with Crippen LogP contribution < -0.4 is 0 Å². The Labute approximate surface area is 111 Å². The van der Waals surface area contributed by atoms with E-state index in [1.807, 2.05) is 0 Å². The lowest BCUT2D eigenvalue weighted by Crippen LogP contribution is -1.95. The number of benzene rings is 2. The lowest BCUT2D eigenvalue weighted by Gasteiger charge is -2.04. The lowest BCUT2D eigenvalue weighted by atomic mass is 10.2. The molecule has 0 fully saturated rings. The van der Waals surface area contributed by atoms with Crippen LogP contribution in [0.5, 0.6) is 5.75 Å². The van der Waals surface area contributed by atoms with Crippen LogP contribution in [-0.2, 0) is 0 Å². The summed E-state index contributed by atoms with van der Waals surface area (Å²) >= 11 is 3.37. The van der Waals surface area contributed by atoms with Crippen LogP contribution in [0.1, 0.15) is 0 Å². The van der Waals surface area contributed by atoms with Crippen molar-refractivity contribution in [1.29, 1.82) is 0 Å². The van der Waals surface area contributed by atoms with Gasteiger partial charge in [-0.05, 0) is 46.3 Å². The minimum absolute atomic E-state index is 0.151. The quantitative estimate of drug-likeness (QED) is 0.745. The molecule has 18 heavy (non-hydrogen) atoms. The molecule has 1 heterocycles. The second-order valence-electron chi connectivity index (χ2n) is 3.89. The van der Waals surface area contributed by atoms with Crippen LogP contribution in [0.2, 0.25) is 0 Å². The molecule has 3 aromatic rings. The molecule has 0 aliphatic heterocycles. The van der Waals surface area contributed by atoms with Crippen molar-refractivity contribution in [3.8, 4) is 11.4 Å². The van der Waals surface area contributed by atoms with E-state index in [1.54, 1.807) is 35.1 Å². The fourth-order valence-corrected chi connectivity index (χ4v) is 2.40. The lowest BCUT2D eigenvalue weighted by molar-refractivity contribution is 0.475. The zero-order chi connectivity index (χ0) is 12.7. The Morgan fingerprint density at radius 3 is 2.61 bits per heavy atom. The number of nitrogens with zero attached hydrogens (tertiary/aromatic N) is 2. The molecule has 0 aliphatic carbocycles. The van der Waals surface area contributed by atoms with E-state index in [0.29, 0.717) is 0 Å². The summed E-state index contributed by atoms with van der Waals surface area (Å²) in [6, 6.07) is 9.26. The molecule has 0 spiro atoms. The van der Waals surface area contributed by atoms with Crippen LogP contribution in [0.25, 0.3) is 16.6 Å². The molecular formula is C13H8BrFN2O. The van der Waals surface area contributed by atoms with Crippen molar-refractivity contribution in [3.05, 3.63) is 52.9 Å². The van der Waals surface area contributed by atoms with Gasteiger partial charge < -0.3 is 5.11 Å². The first-order chi connectivity index (χ1) is 8.65. The number of aromatic hydroxyl groups is 1. The first kappa shape index (κ1) is 11.2. The highest BCUT2D eigenvalue weighted by Gasteiger charge is 2.09. The van der Waals surface area contributed by atoms with E-state index in [9.17, 15) is 9.50 Å². The molecule has 0 saturated heterocycles. The Hall–Kier alpha value is -1.88. The summed E-state index contributed by atoms with van der Waals surface area (Å²) in [4.78, 5) is 0. The van der Waals surface area contributed by atoms with Gasteiger partial charge in [-0.2, -0.15) is 5.10 Å². The van der Waals surface area contributed by atoms with Crippen molar-refractivity contribution in [3.63, 3.8) is 0 Å². The molecule has 3 rings (SSSR count). The van der Waals surface area contributed by atoms with E-state index >= 15 is 0 Å². The van der Waals surface area contributed by atoms with Gasteiger partial charge in [0.2, 0.25) is 0 Å². The molecule has 0 saturated carbocycles. The van der Waals surface area contributed by atoms with Crippen molar-refractivity contribution >= 4 is 26.8 Å². The zero-order valence-corrected chi connectivity index (χ0v) is 10.7. The van der Waals surface area contributed by atoms with Crippen LogP contribution in [0.15, 0.2) is 47.1 Å². The Morgan fingerprint density at radius 2 is 1.89 bits per heavy atom. The van der Waals surface area contributed by atoms with Gasteiger partial charge in [0.1, 0.15) is 11.6 Å². The van der Waals surface area contributed by atoms with Gasteiger partial charge in [-0.1, -0.05) is 0 Å². The predicted octanol–water partition coefficient (Wildman–Crippen LogP) is 3.63. The largest absolute Gasteiger partial charge is 0.508 e. The van der Waals surface area contributed by atoms with Gasteiger partial charge in [-0.3, -0.25) is 0 Å². The molecule has 0 radical (unpaired) electrons. The molecule has 0 bridgehead atoms. The average molecular weight is 307 g/mol. The number of fused-ring (bicyclic) bond motifs is 1. The molecule has 3 nitrogen and oxygen atoms in total. The summed E-state index contributed by atoms with van der Waals surface area (Å²) in [5.74, 6) is -0.141.